The molecule has 3 aliphatic heterocycles. The molecule has 122 valence electrons. The van der Waals surface area contributed by atoms with Crippen LogP contribution < -0.4 is 10.6 Å². The van der Waals surface area contributed by atoms with Crippen molar-refractivity contribution in [3.05, 3.63) is 0 Å². The lowest BCUT2D eigenvalue weighted by molar-refractivity contribution is -0.149. The fraction of sp³-hybridized carbons (Fsp3) is 0.800. The number of hydrogen-bond donors (Lipinski definition) is 2. The maximum absolute atomic E-state index is 12.5. The molecule has 22 heavy (non-hydrogen) atoms. The van der Waals surface area contributed by atoms with Crippen molar-refractivity contribution in [2.75, 3.05) is 19.6 Å². The third-order valence-corrected chi connectivity index (χ3v) is 4.94. The fourth-order valence-electron chi connectivity index (χ4n) is 3.83. The first-order chi connectivity index (χ1) is 10.6. The summed E-state index contributed by atoms with van der Waals surface area (Å²) in [6.07, 6.45) is 1.39. The molecule has 7 nitrogen and oxygen atoms in total. The molecule has 5 atom stereocenters. The first-order valence-corrected chi connectivity index (χ1v) is 8.07. The molecule has 0 aromatic heterocycles. The van der Waals surface area contributed by atoms with Gasteiger partial charge in [-0.2, -0.15) is 0 Å². The maximum atomic E-state index is 12.5. The van der Waals surface area contributed by atoms with Gasteiger partial charge in [0.15, 0.2) is 0 Å². The molecule has 0 aromatic rings. The molecule has 3 aliphatic rings. The molecule has 0 aliphatic carbocycles. The normalized spacial score (nSPS) is 34.2. The Morgan fingerprint density at radius 1 is 1.23 bits per heavy atom. The molecule has 5 unspecified atom stereocenters. The quantitative estimate of drug-likeness (QED) is 0.498. The van der Waals surface area contributed by atoms with Gasteiger partial charge in [0.1, 0.15) is 6.04 Å². The zero-order valence-corrected chi connectivity index (χ0v) is 13.0. The second-order valence-electron chi connectivity index (χ2n) is 6.21. The zero-order chi connectivity index (χ0) is 15.9. The highest BCUT2D eigenvalue weighted by Gasteiger charge is 2.63. The number of carbonyl (C=O) groups is 3. The summed E-state index contributed by atoms with van der Waals surface area (Å²) in [5.41, 5.74) is 0. The molecule has 7 heteroatoms. The number of likely N-dealkylation sites (N-methyl/N-ethyl adjacent to an activating group) is 1. The topological polar surface area (TPSA) is 87.7 Å². The van der Waals surface area contributed by atoms with Gasteiger partial charge in [-0.25, -0.2) is 0 Å². The monoisotopic (exact) mass is 309 g/mol. The lowest BCUT2D eigenvalue weighted by Crippen LogP contribution is -2.50. The third-order valence-electron chi connectivity index (χ3n) is 4.94. The molecule has 3 heterocycles. The number of nitrogens with one attached hydrogen (secondary N) is 2. The van der Waals surface area contributed by atoms with Gasteiger partial charge in [0.2, 0.25) is 17.7 Å². The van der Waals surface area contributed by atoms with Crippen LogP contribution in [0.3, 0.4) is 0 Å². The van der Waals surface area contributed by atoms with E-state index in [0.717, 1.165) is 24.3 Å². The number of likely N-dealkylation sites (tertiary alicyclic amines) is 1. The van der Waals surface area contributed by atoms with E-state index in [9.17, 15) is 14.4 Å². The van der Waals surface area contributed by atoms with Gasteiger partial charge in [-0.05, 0) is 26.3 Å². The lowest BCUT2D eigenvalue weighted by atomic mass is 9.81. The number of amides is 3. The number of carbonyl (C=O) groups excluding carboxylic acids is 3. The van der Waals surface area contributed by atoms with Crippen LogP contribution in [0.15, 0.2) is 0 Å². The largest absolute Gasteiger partial charge is 0.373 e. The number of hydrogen-bond acceptors (Lipinski definition) is 5. The van der Waals surface area contributed by atoms with Crippen molar-refractivity contribution in [2.45, 2.75) is 44.9 Å². The van der Waals surface area contributed by atoms with E-state index in [-0.39, 0.29) is 41.8 Å². The second-order valence-corrected chi connectivity index (χ2v) is 6.21. The van der Waals surface area contributed by atoms with Crippen LogP contribution >= 0.6 is 0 Å². The summed E-state index contributed by atoms with van der Waals surface area (Å²) < 4.78 is 5.68. The second kappa shape index (κ2) is 5.96. The third kappa shape index (κ3) is 2.32. The van der Waals surface area contributed by atoms with Crippen LogP contribution in [0.1, 0.15) is 26.7 Å². The van der Waals surface area contributed by atoms with Gasteiger partial charge in [-0.15, -0.1) is 0 Å². The summed E-state index contributed by atoms with van der Waals surface area (Å²) in [5.74, 6) is -1.51. The van der Waals surface area contributed by atoms with Crippen molar-refractivity contribution in [1.29, 1.82) is 0 Å². The summed E-state index contributed by atoms with van der Waals surface area (Å²) in [4.78, 5) is 38.4. The Kier molecular flexibility index (Phi) is 4.18. The molecule has 0 spiro atoms. The van der Waals surface area contributed by atoms with Crippen LogP contribution in [0.4, 0.5) is 0 Å². The lowest BCUT2D eigenvalue weighted by Gasteiger charge is -2.23. The van der Waals surface area contributed by atoms with Crippen molar-refractivity contribution in [2.24, 2.45) is 11.8 Å². The highest BCUT2D eigenvalue weighted by Crippen LogP contribution is 2.48. The SMILES string of the molecule is CCNCCNC(=O)C(C)N1C(=O)C2C3CCC(O3)C2C1=O. The van der Waals surface area contributed by atoms with Crippen molar-refractivity contribution >= 4 is 17.7 Å². The summed E-state index contributed by atoms with van der Waals surface area (Å²) in [6, 6.07) is -0.758. The Morgan fingerprint density at radius 3 is 2.36 bits per heavy atom. The Morgan fingerprint density at radius 2 is 1.82 bits per heavy atom. The Hall–Kier alpha value is -1.47. The van der Waals surface area contributed by atoms with E-state index in [0.29, 0.717) is 13.1 Å². The highest BCUT2D eigenvalue weighted by atomic mass is 16.5. The molecule has 2 bridgehead atoms. The van der Waals surface area contributed by atoms with E-state index in [4.69, 9.17) is 4.74 Å². The fourth-order valence-corrected chi connectivity index (χ4v) is 3.83. The molecule has 0 radical (unpaired) electrons. The Labute approximate surface area is 129 Å². The first-order valence-electron chi connectivity index (χ1n) is 8.07. The molecule has 0 aromatic carbocycles. The van der Waals surface area contributed by atoms with Gasteiger partial charge in [0.25, 0.3) is 0 Å². The van der Waals surface area contributed by atoms with Crippen LogP contribution in [0.5, 0.6) is 0 Å². The van der Waals surface area contributed by atoms with Crippen LogP contribution in [0, 0.1) is 11.8 Å². The maximum Gasteiger partial charge on any atom is 0.243 e. The zero-order valence-electron chi connectivity index (χ0n) is 13.0. The summed E-state index contributed by atoms with van der Waals surface area (Å²) >= 11 is 0. The van der Waals surface area contributed by atoms with E-state index in [1.807, 2.05) is 6.92 Å². The molecule has 3 amide bonds. The number of ether oxygens (including phenoxy) is 1. The minimum Gasteiger partial charge on any atom is -0.373 e. The van der Waals surface area contributed by atoms with Crippen molar-refractivity contribution in [1.82, 2.24) is 15.5 Å². The van der Waals surface area contributed by atoms with Crippen molar-refractivity contribution < 1.29 is 19.1 Å². The van der Waals surface area contributed by atoms with E-state index in [2.05, 4.69) is 10.6 Å². The minimum atomic E-state index is -0.758. The average Bonchev–Trinajstić information content (AvgIpc) is 3.17. The van der Waals surface area contributed by atoms with E-state index in [1.165, 1.54) is 0 Å². The van der Waals surface area contributed by atoms with E-state index < -0.39 is 6.04 Å². The van der Waals surface area contributed by atoms with Gasteiger partial charge < -0.3 is 15.4 Å². The van der Waals surface area contributed by atoms with Crippen LogP contribution in [-0.4, -0.2) is 60.5 Å². The van der Waals surface area contributed by atoms with Crippen LogP contribution in [0.2, 0.25) is 0 Å². The van der Waals surface area contributed by atoms with E-state index in [1.54, 1.807) is 6.92 Å². The van der Waals surface area contributed by atoms with Gasteiger partial charge in [-0.3, -0.25) is 19.3 Å². The van der Waals surface area contributed by atoms with Crippen molar-refractivity contribution in [3.8, 4) is 0 Å². The van der Waals surface area contributed by atoms with Gasteiger partial charge in [0, 0.05) is 13.1 Å². The van der Waals surface area contributed by atoms with Crippen LogP contribution in [-0.2, 0) is 19.1 Å². The molecular weight excluding hydrogens is 286 g/mol. The van der Waals surface area contributed by atoms with Crippen LogP contribution in [0.25, 0.3) is 0 Å². The van der Waals surface area contributed by atoms with Gasteiger partial charge >= 0.3 is 0 Å². The smallest absolute Gasteiger partial charge is 0.243 e. The average molecular weight is 309 g/mol. The number of rotatable bonds is 6. The number of nitrogens with zero attached hydrogens (tertiary/aromatic N) is 1. The molecule has 3 rings (SSSR count). The summed E-state index contributed by atoms with van der Waals surface area (Å²) in [6.45, 7) is 5.58. The summed E-state index contributed by atoms with van der Waals surface area (Å²) in [5, 5.41) is 5.86. The highest BCUT2D eigenvalue weighted by molar-refractivity contribution is 6.09. The molecule has 3 fully saturated rings. The standard InChI is InChI=1S/C15H23N3O4/c1-3-16-6-7-17-13(19)8(2)18-14(20)11-9-4-5-10(22-9)12(11)15(18)21/h8-12,16H,3-7H2,1-2H3,(H,17,19). The number of fused-ring (bicyclic) bond motifs is 5. The summed E-state index contributed by atoms with van der Waals surface area (Å²) in [7, 11) is 0. The number of imide groups is 1. The minimum absolute atomic E-state index is 0.138. The Bertz CT molecular complexity index is 467. The van der Waals surface area contributed by atoms with Crippen molar-refractivity contribution in [3.63, 3.8) is 0 Å². The predicted octanol–water partition coefficient (Wildman–Crippen LogP) is -0.737. The van der Waals surface area contributed by atoms with E-state index >= 15 is 0 Å². The Balaban J connectivity index is 1.63. The van der Waals surface area contributed by atoms with Gasteiger partial charge in [0.05, 0.1) is 24.0 Å². The molecular formula is C15H23N3O4. The molecule has 0 saturated carbocycles. The predicted molar refractivity (Wildman–Crippen MR) is 77.7 cm³/mol. The molecule has 3 saturated heterocycles. The molecule has 2 N–H and O–H groups in total. The van der Waals surface area contributed by atoms with Gasteiger partial charge in [-0.1, -0.05) is 6.92 Å². The first kappa shape index (κ1) is 15.4.